The van der Waals surface area contributed by atoms with Crippen molar-refractivity contribution in [1.82, 2.24) is 9.88 Å². The minimum absolute atomic E-state index is 0.135. The van der Waals surface area contributed by atoms with Crippen molar-refractivity contribution in [1.29, 1.82) is 0 Å². The fraction of sp³-hybridized carbons (Fsp3) is 0.636. The molecule has 2 N–H and O–H groups in total. The average Bonchev–Trinajstić information content (AvgIpc) is 2.95. The molecule has 0 amide bonds. The van der Waals surface area contributed by atoms with Gasteiger partial charge >= 0.3 is 5.97 Å². The van der Waals surface area contributed by atoms with Crippen LogP contribution in [-0.2, 0) is 0 Å². The summed E-state index contributed by atoms with van der Waals surface area (Å²) in [6.45, 7) is 4.31. The molecule has 0 atom stereocenters. The van der Waals surface area contributed by atoms with Crippen molar-refractivity contribution >= 4 is 22.3 Å². The van der Waals surface area contributed by atoms with E-state index in [1.54, 1.807) is 5.51 Å². The van der Waals surface area contributed by atoms with Gasteiger partial charge in [0.1, 0.15) is 5.00 Å². The van der Waals surface area contributed by atoms with E-state index in [1.165, 1.54) is 37.3 Å². The van der Waals surface area contributed by atoms with Gasteiger partial charge in [-0.1, -0.05) is 0 Å². The largest absolute Gasteiger partial charge is 0.476 e. The van der Waals surface area contributed by atoms with Crippen LogP contribution in [0.25, 0.3) is 0 Å². The lowest BCUT2D eigenvalue weighted by Crippen LogP contribution is -2.22. The lowest BCUT2D eigenvalue weighted by atomic mass is 10.4. The second kappa shape index (κ2) is 5.97. The van der Waals surface area contributed by atoms with Gasteiger partial charge in [0, 0.05) is 6.54 Å². The lowest BCUT2D eigenvalue weighted by Gasteiger charge is -2.14. The Kier molecular flexibility index (Phi) is 4.33. The smallest absolute Gasteiger partial charge is 0.357 e. The second-order valence-electron chi connectivity index (χ2n) is 4.16. The van der Waals surface area contributed by atoms with Crippen molar-refractivity contribution in [2.75, 3.05) is 31.5 Å². The van der Waals surface area contributed by atoms with Crippen LogP contribution in [0.3, 0.4) is 0 Å². The van der Waals surface area contributed by atoms with E-state index in [0.717, 1.165) is 19.5 Å². The molecule has 0 aliphatic carbocycles. The molecule has 0 unspecified atom stereocenters. The molecule has 0 radical (unpaired) electrons. The van der Waals surface area contributed by atoms with E-state index >= 15 is 0 Å². The van der Waals surface area contributed by atoms with Crippen LogP contribution < -0.4 is 5.32 Å². The summed E-state index contributed by atoms with van der Waals surface area (Å²) in [6.07, 6.45) is 3.66. The number of nitrogens with one attached hydrogen (secondary N) is 1. The average molecular weight is 255 g/mol. The highest BCUT2D eigenvalue weighted by molar-refractivity contribution is 7.14. The van der Waals surface area contributed by atoms with E-state index < -0.39 is 5.97 Å². The van der Waals surface area contributed by atoms with Crippen molar-refractivity contribution in [3.63, 3.8) is 0 Å². The molecule has 0 spiro atoms. The van der Waals surface area contributed by atoms with E-state index in [4.69, 9.17) is 5.11 Å². The third-order valence-electron chi connectivity index (χ3n) is 2.91. The van der Waals surface area contributed by atoms with Crippen LogP contribution >= 0.6 is 11.3 Å². The van der Waals surface area contributed by atoms with Crippen molar-refractivity contribution in [2.24, 2.45) is 0 Å². The Bertz CT molecular complexity index is 375. The van der Waals surface area contributed by atoms with Gasteiger partial charge in [0.25, 0.3) is 0 Å². The summed E-state index contributed by atoms with van der Waals surface area (Å²) < 4.78 is 0. The molecule has 0 bridgehead atoms. The molecule has 1 aliphatic heterocycles. The number of anilines is 1. The van der Waals surface area contributed by atoms with Crippen LogP contribution in [0.15, 0.2) is 5.51 Å². The number of aromatic carboxylic acids is 1. The third-order valence-corrected chi connectivity index (χ3v) is 3.69. The first-order chi connectivity index (χ1) is 8.27. The zero-order valence-corrected chi connectivity index (χ0v) is 10.5. The van der Waals surface area contributed by atoms with E-state index in [2.05, 4.69) is 15.2 Å². The number of hydrogen-bond donors (Lipinski definition) is 2. The summed E-state index contributed by atoms with van der Waals surface area (Å²) in [5, 5.41) is 12.7. The molecule has 17 heavy (non-hydrogen) atoms. The molecule has 1 fully saturated rings. The maximum Gasteiger partial charge on any atom is 0.357 e. The normalized spacial score (nSPS) is 16.2. The first-order valence-electron chi connectivity index (χ1n) is 5.90. The molecule has 94 valence electrons. The molecule has 6 heteroatoms. The molecule has 5 nitrogen and oxygen atoms in total. The Hall–Kier alpha value is -1.14. The number of rotatable bonds is 6. The summed E-state index contributed by atoms with van der Waals surface area (Å²) in [5.41, 5.74) is 1.70. The van der Waals surface area contributed by atoms with Crippen LogP contribution in [0.4, 0.5) is 5.00 Å². The van der Waals surface area contributed by atoms with Crippen LogP contribution in [0.2, 0.25) is 0 Å². The molecule has 0 saturated carbocycles. The van der Waals surface area contributed by atoms with Crippen LogP contribution in [0.5, 0.6) is 0 Å². The highest BCUT2D eigenvalue weighted by Crippen LogP contribution is 2.19. The number of carboxylic acids is 1. The molecule has 0 aromatic carbocycles. The first kappa shape index (κ1) is 12.3. The number of aromatic nitrogens is 1. The molecular weight excluding hydrogens is 238 g/mol. The van der Waals surface area contributed by atoms with Crippen molar-refractivity contribution in [2.45, 2.75) is 19.3 Å². The second-order valence-corrected chi connectivity index (χ2v) is 5.02. The quantitative estimate of drug-likeness (QED) is 0.758. The topological polar surface area (TPSA) is 65.5 Å². The van der Waals surface area contributed by atoms with E-state index in [-0.39, 0.29) is 5.69 Å². The molecule has 1 aromatic heterocycles. The van der Waals surface area contributed by atoms with Gasteiger partial charge < -0.3 is 15.3 Å². The minimum atomic E-state index is -0.965. The van der Waals surface area contributed by atoms with Crippen LogP contribution in [-0.4, -0.2) is 47.1 Å². The highest BCUT2D eigenvalue weighted by atomic mass is 32.1. The number of thiazole rings is 1. The molecule has 1 saturated heterocycles. The Morgan fingerprint density at radius 1 is 1.53 bits per heavy atom. The lowest BCUT2D eigenvalue weighted by molar-refractivity contribution is 0.0692. The fourth-order valence-corrected chi connectivity index (χ4v) is 2.74. The van der Waals surface area contributed by atoms with E-state index in [9.17, 15) is 4.79 Å². The molecule has 2 heterocycles. The van der Waals surface area contributed by atoms with E-state index in [0.29, 0.717) is 5.00 Å². The Labute approximate surface area is 104 Å². The summed E-state index contributed by atoms with van der Waals surface area (Å²) >= 11 is 1.34. The minimum Gasteiger partial charge on any atom is -0.476 e. The van der Waals surface area contributed by atoms with Gasteiger partial charge in [0.2, 0.25) is 0 Å². The van der Waals surface area contributed by atoms with Gasteiger partial charge in [-0.2, -0.15) is 0 Å². The molecule has 1 aromatic rings. The molecule has 1 aliphatic rings. The monoisotopic (exact) mass is 255 g/mol. The number of likely N-dealkylation sites (tertiary alicyclic amines) is 1. The third kappa shape index (κ3) is 3.41. The zero-order chi connectivity index (χ0) is 12.1. The standard InChI is InChI=1S/C11H17N3O2S/c15-11(16)9-10(17-8-13-9)12-4-3-7-14-5-1-2-6-14/h8,12H,1-7H2,(H,15,16). The summed E-state index contributed by atoms with van der Waals surface area (Å²) in [7, 11) is 0. The summed E-state index contributed by atoms with van der Waals surface area (Å²) in [5.74, 6) is -0.965. The Morgan fingerprint density at radius 3 is 3.00 bits per heavy atom. The van der Waals surface area contributed by atoms with Crippen LogP contribution in [0, 0.1) is 0 Å². The zero-order valence-electron chi connectivity index (χ0n) is 9.69. The Balaban J connectivity index is 1.70. The van der Waals surface area contributed by atoms with Gasteiger partial charge in [0.05, 0.1) is 5.51 Å². The summed E-state index contributed by atoms with van der Waals surface area (Å²) in [4.78, 5) is 17.1. The van der Waals surface area contributed by atoms with Crippen molar-refractivity contribution in [3.8, 4) is 0 Å². The van der Waals surface area contributed by atoms with E-state index in [1.807, 2.05) is 0 Å². The van der Waals surface area contributed by atoms with Crippen molar-refractivity contribution < 1.29 is 9.90 Å². The van der Waals surface area contributed by atoms with Gasteiger partial charge in [-0.15, -0.1) is 11.3 Å². The number of carbonyl (C=O) groups is 1. The molecule has 2 rings (SSSR count). The van der Waals surface area contributed by atoms with Gasteiger partial charge in [-0.25, -0.2) is 9.78 Å². The van der Waals surface area contributed by atoms with Gasteiger partial charge in [0.15, 0.2) is 5.69 Å². The predicted octanol–water partition coefficient (Wildman–Crippen LogP) is 1.74. The Morgan fingerprint density at radius 2 is 2.29 bits per heavy atom. The fourth-order valence-electron chi connectivity index (χ4n) is 2.03. The maximum atomic E-state index is 10.8. The van der Waals surface area contributed by atoms with Crippen molar-refractivity contribution in [3.05, 3.63) is 11.2 Å². The number of hydrogen-bond acceptors (Lipinski definition) is 5. The van der Waals surface area contributed by atoms with Crippen LogP contribution in [0.1, 0.15) is 29.8 Å². The SMILES string of the molecule is O=C(O)c1ncsc1NCCCN1CCCC1. The first-order valence-corrected chi connectivity index (χ1v) is 6.78. The van der Waals surface area contributed by atoms with Gasteiger partial charge in [-0.3, -0.25) is 0 Å². The maximum absolute atomic E-state index is 10.8. The molecular formula is C11H17N3O2S. The highest BCUT2D eigenvalue weighted by Gasteiger charge is 2.13. The summed E-state index contributed by atoms with van der Waals surface area (Å²) in [6, 6.07) is 0. The van der Waals surface area contributed by atoms with Gasteiger partial charge in [-0.05, 0) is 38.9 Å². The predicted molar refractivity (Wildman–Crippen MR) is 67.9 cm³/mol. The number of carboxylic acid groups (broad SMARTS) is 1. The number of nitrogens with zero attached hydrogens (tertiary/aromatic N) is 2.